The van der Waals surface area contributed by atoms with Crippen LogP contribution in [0.2, 0.25) is 0 Å². The highest BCUT2D eigenvalue weighted by atomic mass is 32.2. The van der Waals surface area contributed by atoms with Gasteiger partial charge < -0.3 is 15.0 Å². The second-order valence-electron chi connectivity index (χ2n) is 6.94. The van der Waals surface area contributed by atoms with Gasteiger partial charge in [-0.15, -0.1) is 0 Å². The minimum atomic E-state index is -3.04. The first kappa shape index (κ1) is 21.7. The second kappa shape index (κ2) is 9.99. The van der Waals surface area contributed by atoms with E-state index in [9.17, 15) is 13.2 Å². The predicted molar refractivity (Wildman–Crippen MR) is 101 cm³/mol. The van der Waals surface area contributed by atoms with E-state index < -0.39 is 14.6 Å². The summed E-state index contributed by atoms with van der Waals surface area (Å²) in [6.07, 6.45) is 4.35. The van der Waals surface area contributed by atoms with E-state index in [1.165, 1.54) is 0 Å². The number of carbonyl (C=O) groups is 1. The number of unbranched alkanes of at least 4 members (excludes halogenated alkanes) is 3. The Balaban J connectivity index is 2.26. The lowest BCUT2D eigenvalue weighted by Crippen LogP contribution is -2.57. The number of ether oxygens (including phenoxy) is 1. The Bertz CT molecular complexity index is 558. The van der Waals surface area contributed by atoms with Crippen LogP contribution in [0.4, 0.5) is 0 Å². The van der Waals surface area contributed by atoms with Crippen LogP contribution < -0.4 is 5.32 Å². The molecule has 0 aromatic carbocycles. The molecule has 0 aliphatic carbocycles. The van der Waals surface area contributed by atoms with Gasteiger partial charge in [0.1, 0.15) is 0 Å². The van der Waals surface area contributed by atoms with Gasteiger partial charge in [-0.05, 0) is 33.6 Å². The van der Waals surface area contributed by atoms with Gasteiger partial charge in [-0.1, -0.05) is 12.8 Å². The van der Waals surface area contributed by atoms with Crippen LogP contribution in [0.15, 0.2) is 4.99 Å². The quantitative estimate of drug-likeness (QED) is 0.300. The molecule has 146 valence electrons. The number of hydrogen-bond donors (Lipinski definition) is 1. The van der Waals surface area contributed by atoms with Crippen molar-refractivity contribution in [3.63, 3.8) is 0 Å². The monoisotopic (exact) mass is 375 g/mol. The molecule has 0 bridgehead atoms. The van der Waals surface area contributed by atoms with Crippen LogP contribution in [0.5, 0.6) is 0 Å². The maximum Gasteiger partial charge on any atom is 0.305 e. The Morgan fingerprint density at radius 2 is 1.92 bits per heavy atom. The SMILES string of the molecule is CCOC(=O)CCCCCCNC(=NC)N1CCS(=O)(=O)C(C)(C)C1. The van der Waals surface area contributed by atoms with Crippen LogP contribution in [-0.4, -0.2) is 69.0 Å². The first-order valence-electron chi connectivity index (χ1n) is 9.07. The molecule has 25 heavy (non-hydrogen) atoms. The summed E-state index contributed by atoms with van der Waals surface area (Å²) < 4.78 is 28.3. The van der Waals surface area contributed by atoms with Gasteiger partial charge in [0.2, 0.25) is 0 Å². The molecule has 0 aromatic heterocycles. The lowest BCUT2D eigenvalue weighted by Gasteiger charge is -2.39. The third kappa shape index (κ3) is 6.84. The van der Waals surface area contributed by atoms with E-state index in [1.54, 1.807) is 20.9 Å². The standard InChI is InChI=1S/C17H33N3O4S/c1-5-24-15(21)10-8-6-7-9-11-19-16(18-4)20-12-13-25(22,23)17(2,3)14-20/h5-14H2,1-4H3,(H,18,19). The predicted octanol–water partition coefficient (Wildman–Crippen LogP) is 1.58. The maximum absolute atomic E-state index is 12.1. The highest BCUT2D eigenvalue weighted by Gasteiger charge is 2.40. The third-order valence-corrected chi connectivity index (χ3v) is 6.98. The van der Waals surface area contributed by atoms with E-state index in [4.69, 9.17) is 4.74 Å². The van der Waals surface area contributed by atoms with E-state index in [0.29, 0.717) is 26.1 Å². The molecule has 1 fully saturated rings. The molecular formula is C17H33N3O4S. The smallest absolute Gasteiger partial charge is 0.305 e. The normalized spacial score (nSPS) is 19.5. The zero-order valence-electron chi connectivity index (χ0n) is 16.0. The lowest BCUT2D eigenvalue weighted by molar-refractivity contribution is -0.143. The van der Waals surface area contributed by atoms with Crippen LogP contribution >= 0.6 is 0 Å². The fourth-order valence-corrected chi connectivity index (χ4v) is 4.20. The van der Waals surface area contributed by atoms with Crippen molar-refractivity contribution in [2.75, 3.05) is 39.0 Å². The number of guanidine groups is 1. The Hall–Kier alpha value is -1.31. The second-order valence-corrected chi connectivity index (χ2v) is 9.69. The van der Waals surface area contributed by atoms with Gasteiger partial charge in [-0.3, -0.25) is 9.79 Å². The summed E-state index contributed by atoms with van der Waals surface area (Å²) in [5.74, 6) is 0.798. The molecule has 0 saturated carbocycles. The molecule has 0 radical (unpaired) electrons. The topological polar surface area (TPSA) is 88.1 Å². The average molecular weight is 376 g/mol. The molecule has 1 saturated heterocycles. The number of rotatable bonds is 8. The summed E-state index contributed by atoms with van der Waals surface area (Å²) in [6, 6.07) is 0. The van der Waals surface area contributed by atoms with Crippen molar-refractivity contribution in [3.8, 4) is 0 Å². The van der Waals surface area contributed by atoms with Gasteiger partial charge in [-0.2, -0.15) is 0 Å². The van der Waals surface area contributed by atoms with Gasteiger partial charge in [0.15, 0.2) is 15.8 Å². The highest BCUT2D eigenvalue weighted by Crippen LogP contribution is 2.23. The van der Waals surface area contributed by atoms with E-state index >= 15 is 0 Å². The fourth-order valence-electron chi connectivity index (χ4n) is 2.84. The first-order valence-corrected chi connectivity index (χ1v) is 10.7. The van der Waals surface area contributed by atoms with Crippen molar-refractivity contribution >= 4 is 21.8 Å². The van der Waals surface area contributed by atoms with Crippen molar-refractivity contribution in [1.82, 2.24) is 10.2 Å². The molecule has 1 N–H and O–H groups in total. The van der Waals surface area contributed by atoms with Gasteiger partial charge in [0.05, 0.1) is 17.1 Å². The molecule has 0 aromatic rings. The summed E-state index contributed by atoms with van der Waals surface area (Å²) in [6.45, 7) is 7.51. The van der Waals surface area contributed by atoms with Crippen molar-refractivity contribution in [2.24, 2.45) is 4.99 Å². The molecule has 0 spiro atoms. The van der Waals surface area contributed by atoms with Gasteiger partial charge in [0.25, 0.3) is 0 Å². The summed E-state index contributed by atoms with van der Waals surface area (Å²) in [5.41, 5.74) is 0. The molecule has 7 nitrogen and oxygen atoms in total. The molecule has 1 rings (SSSR count). The average Bonchev–Trinajstić information content (AvgIpc) is 2.53. The minimum absolute atomic E-state index is 0.122. The summed E-state index contributed by atoms with van der Waals surface area (Å²) in [4.78, 5) is 17.5. The van der Waals surface area contributed by atoms with Crippen molar-refractivity contribution in [1.29, 1.82) is 0 Å². The number of aliphatic imine (C=N–C) groups is 1. The molecule has 1 aliphatic rings. The number of nitrogens with zero attached hydrogens (tertiary/aromatic N) is 2. The number of esters is 1. The zero-order valence-corrected chi connectivity index (χ0v) is 16.8. The fraction of sp³-hybridized carbons (Fsp3) is 0.882. The van der Waals surface area contributed by atoms with Gasteiger partial charge in [0, 0.05) is 33.1 Å². The van der Waals surface area contributed by atoms with Crippen LogP contribution in [0.3, 0.4) is 0 Å². The van der Waals surface area contributed by atoms with Gasteiger partial charge in [-0.25, -0.2) is 8.42 Å². The number of nitrogens with one attached hydrogen (secondary N) is 1. The van der Waals surface area contributed by atoms with Crippen molar-refractivity contribution in [2.45, 2.75) is 57.6 Å². The largest absolute Gasteiger partial charge is 0.466 e. The first-order chi connectivity index (χ1) is 11.7. The van der Waals surface area contributed by atoms with E-state index in [1.807, 2.05) is 11.8 Å². The molecule has 8 heteroatoms. The highest BCUT2D eigenvalue weighted by molar-refractivity contribution is 7.92. The molecule has 1 heterocycles. The molecule has 0 unspecified atom stereocenters. The number of hydrogen-bond acceptors (Lipinski definition) is 5. The number of carbonyl (C=O) groups excluding carboxylic acids is 1. The molecular weight excluding hydrogens is 342 g/mol. The summed E-state index contributed by atoms with van der Waals surface area (Å²) in [5, 5.41) is 3.31. The lowest BCUT2D eigenvalue weighted by atomic mass is 10.1. The zero-order chi connectivity index (χ0) is 18.9. The van der Waals surface area contributed by atoms with Crippen molar-refractivity contribution in [3.05, 3.63) is 0 Å². The molecule has 0 atom stereocenters. The summed E-state index contributed by atoms with van der Waals surface area (Å²) in [7, 11) is -1.32. The Morgan fingerprint density at radius 3 is 2.52 bits per heavy atom. The van der Waals surface area contributed by atoms with Crippen molar-refractivity contribution < 1.29 is 17.9 Å². The Kier molecular flexibility index (Phi) is 8.68. The van der Waals surface area contributed by atoms with Gasteiger partial charge >= 0.3 is 5.97 Å². The Labute approximate surface area is 152 Å². The summed E-state index contributed by atoms with van der Waals surface area (Å²) >= 11 is 0. The third-order valence-electron chi connectivity index (χ3n) is 4.45. The maximum atomic E-state index is 12.1. The Morgan fingerprint density at radius 1 is 1.24 bits per heavy atom. The molecule has 0 amide bonds. The van der Waals surface area contributed by atoms with E-state index in [0.717, 1.165) is 38.2 Å². The number of sulfone groups is 1. The molecule has 1 aliphatic heterocycles. The van der Waals surface area contributed by atoms with E-state index in [2.05, 4.69) is 10.3 Å². The van der Waals surface area contributed by atoms with E-state index in [-0.39, 0.29) is 11.7 Å². The van der Waals surface area contributed by atoms with Crippen LogP contribution in [0.25, 0.3) is 0 Å². The van der Waals surface area contributed by atoms with Crippen LogP contribution in [-0.2, 0) is 19.4 Å². The van der Waals surface area contributed by atoms with Crippen LogP contribution in [0.1, 0.15) is 52.9 Å². The minimum Gasteiger partial charge on any atom is -0.466 e. The van der Waals surface area contributed by atoms with Crippen LogP contribution in [0, 0.1) is 0 Å².